The Morgan fingerprint density at radius 2 is 1.69 bits per heavy atom. The zero-order chi connectivity index (χ0) is 21.8. The Bertz CT molecular complexity index is 1010. The van der Waals surface area contributed by atoms with Gasteiger partial charge in [0, 0.05) is 10.7 Å². The lowest BCUT2D eigenvalue weighted by Gasteiger charge is -2.20. The van der Waals surface area contributed by atoms with Crippen molar-refractivity contribution in [2.75, 3.05) is 5.32 Å². The SMILES string of the molecule is CC(C)CC(NC(=O)c1ccc(Cl)cc1Cl)C(=O)Nc1ccc(S(N)(=O)=O)cc1. The first kappa shape index (κ1) is 23.2. The minimum absolute atomic E-state index is 0.0695. The van der Waals surface area contributed by atoms with Gasteiger partial charge in [-0.15, -0.1) is 0 Å². The molecule has 156 valence electrons. The van der Waals surface area contributed by atoms with Crippen molar-refractivity contribution in [1.29, 1.82) is 0 Å². The topological polar surface area (TPSA) is 118 Å². The van der Waals surface area contributed by atoms with E-state index in [4.69, 9.17) is 28.3 Å². The number of nitrogens with one attached hydrogen (secondary N) is 2. The van der Waals surface area contributed by atoms with Gasteiger partial charge in [-0.2, -0.15) is 0 Å². The van der Waals surface area contributed by atoms with Crippen LogP contribution in [0.3, 0.4) is 0 Å². The summed E-state index contributed by atoms with van der Waals surface area (Å²) in [4.78, 5) is 25.2. The zero-order valence-electron chi connectivity index (χ0n) is 15.8. The molecule has 1 unspecified atom stereocenters. The summed E-state index contributed by atoms with van der Waals surface area (Å²) in [5, 5.41) is 11.0. The van der Waals surface area contributed by atoms with Crippen molar-refractivity contribution in [3.05, 3.63) is 58.1 Å². The Morgan fingerprint density at radius 1 is 1.07 bits per heavy atom. The molecular formula is C19H21Cl2N3O4S. The Morgan fingerprint density at radius 3 is 2.21 bits per heavy atom. The second-order valence-electron chi connectivity index (χ2n) is 6.84. The third-order valence-corrected chi connectivity index (χ3v) is 5.43. The summed E-state index contributed by atoms with van der Waals surface area (Å²) < 4.78 is 22.6. The monoisotopic (exact) mass is 457 g/mol. The Labute approximate surface area is 179 Å². The number of hydrogen-bond acceptors (Lipinski definition) is 4. The highest BCUT2D eigenvalue weighted by molar-refractivity contribution is 7.89. The maximum Gasteiger partial charge on any atom is 0.253 e. The Hall–Kier alpha value is -2.13. The van der Waals surface area contributed by atoms with Crippen LogP contribution in [0.25, 0.3) is 0 Å². The maximum atomic E-state index is 12.7. The lowest BCUT2D eigenvalue weighted by atomic mass is 10.0. The summed E-state index contributed by atoms with van der Waals surface area (Å²) in [6.07, 6.45) is 0.387. The largest absolute Gasteiger partial charge is 0.340 e. The molecule has 0 aliphatic heterocycles. The summed E-state index contributed by atoms with van der Waals surface area (Å²) in [5.74, 6) is -0.825. The molecule has 0 spiro atoms. The van der Waals surface area contributed by atoms with Crippen LogP contribution in [-0.2, 0) is 14.8 Å². The molecule has 2 amide bonds. The summed E-state index contributed by atoms with van der Waals surface area (Å²) in [5.41, 5.74) is 0.574. The van der Waals surface area contributed by atoms with Crippen LogP contribution in [0.15, 0.2) is 47.4 Å². The number of primary sulfonamides is 1. The number of carbonyl (C=O) groups is 2. The third-order valence-electron chi connectivity index (χ3n) is 3.96. The quantitative estimate of drug-likeness (QED) is 0.589. The van der Waals surface area contributed by atoms with Crippen LogP contribution >= 0.6 is 23.2 Å². The molecule has 0 aliphatic carbocycles. The zero-order valence-corrected chi connectivity index (χ0v) is 18.1. The van der Waals surface area contributed by atoms with E-state index in [0.29, 0.717) is 17.1 Å². The van der Waals surface area contributed by atoms with E-state index in [1.165, 1.54) is 42.5 Å². The van der Waals surface area contributed by atoms with E-state index >= 15 is 0 Å². The third kappa shape index (κ3) is 6.71. The van der Waals surface area contributed by atoms with E-state index in [2.05, 4.69) is 10.6 Å². The van der Waals surface area contributed by atoms with Crippen LogP contribution in [0.4, 0.5) is 5.69 Å². The van der Waals surface area contributed by atoms with Crippen molar-refractivity contribution in [3.63, 3.8) is 0 Å². The fraction of sp³-hybridized carbons (Fsp3) is 0.263. The molecule has 29 heavy (non-hydrogen) atoms. The van der Waals surface area contributed by atoms with Gasteiger partial charge in [-0.05, 0) is 54.8 Å². The summed E-state index contributed by atoms with van der Waals surface area (Å²) in [6, 6.07) is 9.05. The van der Waals surface area contributed by atoms with Crippen LogP contribution in [0.2, 0.25) is 10.0 Å². The predicted octanol–water partition coefficient (Wildman–Crippen LogP) is 3.42. The van der Waals surface area contributed by atoms with Gasteiger partial charge >= 0.3 is 0 Å². The van der Waals surface area contributed by atoms with Gasteiger partial charge in [0.1, 0.15) is 6.04 Å². The lowest BCUT2D eigenvalue weighted by Crippen LogP contribution is -2.44. The number of carbonyl (C=O) groups excluding carboxylic acids is 2. The van der Waals surface area contributed by atoms with Gasteiger partial charge in [0.15, 0.2) is 0 Å². The predicted molar refractivity (Wildman–Crippen MR) is 114 cm³/mol. The molecule has 0 bridgehead atoms. The van der Waals surface area contributed by atoms with E-state index in [-0.39, 0.29) is 21.4 Å². The molecule has 0 heterocycles. The van der Waals surface area contributed by atoms with Crippen LogP contribution in [0.5, 0.6) is 0 Å². The summed E-state index contributed by atoms with van der Waals surface area (Å²) in [6.45, 7) is 3.84. The molecule has 2 rings (SSSR count). The molecule has 2 aromatic carbocycles. The highest BCUT2D eigenvalue weighted by Crippen LogP contribution is 2.21. The molecular weight excluding hydrogens is 437 g/mol. The van der Waals surface area contributed by atoms with Crippen molar-refractivity contribution >= 4 is 50.7 Å². The number of amides is 2. The molecule has 0 saturated heterocycles. The van der Waals surface area contributed by atoms with Gasteiger partial charge in [-0.1, -0.05) is 37.0 Å². The van der Waals surface area contributed by atoms with E-state index in [9.17, 15) is 18.0 Å². The smallest absolute Gasteiger partial charge is 0.253 e. The molecule has 0 aliphatic rings. The second-order valence-corrected chi connectivity index (χ2v) is 9.24. The average Bonchev–Trinajstić information content (AvgIpc) is 2.60. The molecule has 0 aromatic heterocycles. The number of halogens is 2. The highest BCUT2D eigenvalue weighted by atomic mass is 35.5. The van der Waals surface area contributed by atoms with E-state index < -0.39 is 27.9 Å². The minimum Gasteiger partial charge on any atom is -0.340 e. The molecule has 10 heteroatoms. The van der Waals surface area contributed by atoms with E-state index in [1.54, 1.807) is 0 Å². The lowest BCUT2D eigenvalue weighted by molar-refractivity contribution is -0.118. The van der Waals surface area contributed by atoms with Crippen molar-refractivity contribution in [2.24, 2.45) is 11.1 Å². The molecule has 7 nitrogen and oxygen atoms in total. The van der Waals surface area contributed by atoms with Gasteiger partial charge < -0.3 is 10.6 Å². The number of rotatable bonds is 7. The van der Waals surface area contributed by atoms with Gasteiger partial charge in [0.05, 0.1) is 15.5 Å². The molecule has 0 fully saturated rings. The number of benzene rings is 2. The van der Waals surface area contributed by atoms with Crippen molar-refractivity contribution in [2.45, 2.75) is 31.2 Å². The van der Waals surface area contributed by atoms with Crippen molar-refractivity contribution in [3.8, 4) is 0 Å². The van der Waals surface area contributed by atoms with Crippen LogP contribution < -0.4 is 15.8 Å². The van der Waals surface area contributed by atoms with Crippen molar-refractivity contribution in [1.82, 2.24) is 5.32 Å². The van der Waals surface area contributed by atoms with Gasteiger partial charge in [-0.3, -0.25) is 9.59 Å². The van der Waals surface area contributed by atoms with E-state index in [0.717, 1.165) is 0 Å². The number of hydrogen-bond donors (Lipinski definition) is 3. The molecule has 4 N–H and O–H groups in total. The molecule has 0 saturated carbocycles. The van der Waals surface area contributed by atoms with Gasteiger partial charge in [0.25, 0.3) is 5.91 Å². The normalized spacial score (nSPS) is 12.5. The maximum absolute atomic E-state index is 12.7. The standard InChI is InChI=1S/C19H21Cl2N3O4S/c1-11(2)9-17(24-18(25)15-8-3-12(20)10-16(15)21)19(26)23-13-4-6-14(7-5-13)29(22,27)28/h3-8,10-11,17H,9H2,1-2H3,(H,23,26)(H,24,25)(H2,22,27,28). The van der Waals surface area contributed by atoms with Crippen LogP contribution in [0, 0.1) is 5.92 Å². The van der Waals surface area contributed by atoms with Crippen LogP contribution in [0.1, 0.15) is 30.6 Å². The van der Waals surface area contributed by atoms with E-state index in [1.807, 2.05) is 13.8 Å². The minimum atomic E-state index is -3.83. The first-order chi connectivity index (χ1) is 13.5. The number of anilines is 1. The second kappa shape index (κ2) is 9.58. The number of nitrogens with two attached hydrogens (primary N) is 1. The highest BCUT2D eigenvalue weighted by Gasteiger charge is 2.24. The first-order valence-corrected chi connectivity index (χ1v) is 11.0. The molecule has 0 radical (unpaired) electrons. The number of sulfonamides is 1. The van der Waals surface area contributed by atoms with Gasteiger partial charge in [-0.25, -0.2) is 13.6 Å². The summed E-state index contributed by atoms with van der Waals surface area (Å²) >= 11 is 11.9. The first-order valence-electron chi connectivity index (χ1n) is 8.67. The fourth-order valence-corrected chi connectivity index (χ4v) is 3.58. The average molecular weight is 458 g/mol. The Balaban J connectivity index is 2.16. The molecule has 1 atom stereocenters. The van der Waals surface area contributed by atoms with Gasteiger partial charge in [0.2, 0.25) is 15.9 Å². The molecule has 2 aromatic rings. The van der Waals surface area contributed by atoms with Crippen LogP contribution in [-0.4, -0.2) is 26.3 Å². The summed E-state index contributed by atoms with van der Waals surface area (Å²) in [7, 11) is -3.83. The Kier molecular flexibility index (Phi) is 7.65. The fourth-order valence-electron chi connectivity index (χ4n) is 2.57. The van der Waals surface area contributed by atoms with Crippen molar-refractivity contribution < 1.29 is 18.0 Å².